The highest BCUT2D eigenvalue weighted by molar-refractivity contribution is 6.07. The number of carbonyl (C=O) groups excluding carboxylic acids is 1. The first-order valence-corrected chi connectivity index (χ1v) is 7.55. The summed E-state index contributed by atoms with van der Waals surface area (Å²) in [6.45, 7) is 11.1. The molecule has 112 valence electrons. The number of rotatable bonds is 4. The summed E-state index contributed by atoms with van der Waals surface area (Å²) in [5, 5.41) is 3.97. The molecule has 21 heavy (non-hydrogen) atoms. The highest BCUT2D eigenvalue weighted by atomic mass is 16.1. The Morgan fingerprint density at radius 2 is 1.90 bits per heavy atom. The number of aromatic nitrogens is 1. The minimum absolute atomic E-state index is 0.00356. The molecule has 1 N–H and O–H groups in total. The van der Waals surface area contributed by atoms with Crippen LogP contribution in [0.1, 0.15) is 47.4 Å². The van der Waals surface area contributed by atoms with Crippen LogP contribution in [0.25, 0.3) is 10.9 Å². The van der Waals surface area contributed by atoms with Crippen molar-refractivity contribution < 1.29 is 4.79 Å². The van der Waals surface area contributed by atoms with Crippen molar-refractivity contribution in [2.24, 2.45) is 5.92 Å². The fraction of sp³-hybridized carbons (Fsp3) is 0.444. The maximum absolute atomic E-state index is 12.5. The molecule has 2 rings (SSSR count). The van der Waals surface area contributed by atoms with Gasteiger partial charge in [0.15, 0.2) is 0 Å². The SMILES string of the molecule is Cc1cc(C)c2nc(C)cc(C(=O)NCCC(C)C)c2c1. The lowest BCUT2D eigenvalue weighted by Crippen LogP contribution is -2.25. The van der Waals surface area contributed by atoms with E-state index in [1.807, 2.05) is 32.9 Å². The van der Waals surface area contributed by atoms with Crippen LogP contribution in [0.2, 0.25) is 0 Å². The first-order chi connectivity index (χ1) is 9.88. The Kier molecular flexibility index (Phi) is 4.61. The molecule has 0 spiro atoms. The molecule has 1 amide bonds. The first-order valence-electron chi connectivity index (χ1n) is 7.55. The third kappa shape index (κ3) is 3.60. The van der Waals surface area contributed by atoms with Crippen molar-refractivity contribution in [3.05, 3.63) is 40.6 Å². The van der Waals surface area contributed by atoms with E-state index < -0.39 is 0 Å². The average Bonchev–Trinajstić information content (AvgIpc) is 2.38. The molecule has 0 bridgehead atoms. The number of aryl methyl sites for hydroxylation is 3. The predicted molar refractivity (Wildman–Crippen MR) is 87.7 cm³/mol. The fourth-order valence-electron chi connectivity index (χ4n) is 2.57. The van der Waals surface area contributed by atoms with Crippen molar-refractivity contribution in [3.8, 4) is 0 Å². The standard InChI is InChI=1S/C18H24N2O/c1-11(2)6-7-19-18(21)16-10-14(5)20-17-13(4)8-12(3)9-15(16)17/h8-11H,6-7H2,1-5H3,(H,19,21). The summed E-state index contributed by atoms with van der Waals surface area (Å²) < 4.78 is 0. The van der Waals surface area contributed by atoms with Gasteiger partial charge in [-0.05, 0) is 50.8 Å². The Hall–Kier alpha value is -1.90. The average molecular weight is 284 g/mol. The molecule has 1 heterocycles. The second-order valence-electron chi connectivity index (χ2n) is 6.23. The number of amides is 1. The normalized spacial score (nSPS) is 11.1. The predicted octanol–water partition coefficient (Wildman–Crippen LogP) is 3.94. The largest absolute Gasteiger partial charge is 0.352 e. The summed E-state index contributed by atoms with van der Waals surface area (Å²) in [4.78, 5) is 17.1. The molecule has 1 aromatic carbocycles. The number of carbonyl (C=O) groups is 1. The lowest BCUT2D eigenvalue weighted by atomic mass is 10.0. The molecule has 3 nitrogen and oxygen atoms in total. The van der Waals surface area contributed by atoms with E-state index in [2.05, 4.69) is 30.2 Å². The van der Waals surface area contributed by atoms with Gasteiger partial charge in [-0.15, -0.1) is 0 Å². The summed E-state index contributed by atoms with van der Waals surface area (Å²) >= 11 is 0. The van der Waals surface area contributed by atoms with Gasteiger partial charge in [-0.2, -0.15) is 0 Å². The number of fused-ring (bicyclic) bond motifs is 1. The Balaban J connectivity index is 2.40. The summed E-state index contributed by atoms with van der Waals surface area (Å²) in [5.41, 5.74) is 4.80. The minimum Gasteiger partial charge on any atom is -0.352 e. The quantitative estimate of drug-likeness (QED) is 0.924. The summed E-state index contributed by atoms with van der Waals surface area (Å²) in [7, 11) is 0. The molecule has 0 fully saturated rings. The zero-order valence-corrected chi connectivity index (χ0v) is 13.6. The smallest absolute Gasteiger partial charge is 0.252 e. The van der Waals surface area contributed by atoms with Gasteiger partial charge < -0.3 is 5.32 Å². The van der Waals surface area contributed by atoms with Gasteiger partial charge in [0.05, 0.1) is 11.1 Å². The van der Waals surface area contributed by atoms with Crippen LogP contribution < -0.4 is 5.32 Å². The van der Waals surface area contributed by atoms with Gasteiger partial charge in [0, 0.05) is 17.6 Å². The number of pyridine rings is 1. The van der Waals surface area contributed by atoms with E-state index in [0.29, 0.717) is 12.5 Å². The molecule has 0 saturated heterocycles. The zero-order valence-electron chi connectivity index (χ0n) is 13.6. The molecule has 3 heteroatoms. The maximum atomic E-state index is 12.5. The van der Waals surface area contributed by atoms with Gasteiger partial charge in [0.2, 0.25) is 0 Å². The van der Waals surface area contributed by atoms with E-state index in [-0.39, 0.29) is 5.91 Å². The van der Waals surface area contributed by atoms with Crippen LogP contribution in [-0.2, 0) is 0 Å². The van der Waals surface area contributed by atoms with Gasteiger partial charge in [0.1, 0.15) is 0 Å². The highest BCUT2D eigenvalue weighted by Crippen LogP contribution is 2.23. The van der Waals surface area contributed by atoms with Crippen molar-refractivity contribution in [1.29, 1.82) is 0 Å². The zero-order chi connectivity index (χ0) is 15.6. The van der Waals surface area contributed by atoms with Crippen LogP contribution >= 0.6 is 0 Å². The van der Waals surface area contributed by atoms with Crippen molar-refractivity contribution in [2.75, 3.05) is 6.54 Å². The summed E-state index contributed by atoms with van der Waals surface area (Å²) in [6.07, 6.45) is 0.992. The van der Waals surface area contributed by atoms with Crippen LogP contribution in [-0.4, -0.2) is 17.4 Å². The number of nitrogens with one attached hydrogen (secondary N) is 1. The van der Waals surface area contributed by atoms with Crippen molar-refractivity contribution >= 4 is 16.8 Å². The third-order valence-electron chi connectivity index (χ3n) is 3.63. The Morgan fingerprint density at radius 1 is 1.19 bits per heavy atom. The maximum Gasteiger partial charge on any atom is 0.252 e. The molecule has 0 atom stereocenters. The van der Waals surface area contributed by atoms with Crippen LogP contribution in [0.4, 0.5) is 0 Å². The lowest BCUT2D eigenvalue weighted by Gasteiger charge is -2.12. The molecule has 0 radical (unpaired) electrons. The van der Waals surface area contributed by atoms with Gasteiger partial charge >= 0.3 is 0 Å². The Labute approximate surface area is 126 Å². The molecular weight excluding hydrogens is 260 g/mol. The Morgan fingerprint density at radius 3 is 2.57 bits per heavy atom. The number of nitrogens with zero attached hydrogens (tertiary/aromatic N) is 1. The molecule has 0 saturated carbocycles. The number of benzene rings is 1. The summed E-state index contributed by atoms with van der Waals surface area (Å²) in [6, 6.07) is 6.03. The molecule has 1 aromatic heterocycles. The van der Waals surface area contributed by atoms with E-state index >= 15 is 0 Å². The lowest BCUT2D eigenvalue weighted by molar-refractivity contribution is 0.0953. The molecule has 0 aliphatic rings. The van der Waals surface area contributed by atoms with E-state index in [9.17, 15) is 4.79 Å². The Bertz CT molecular complexity index is 674. The second-order valence-corrected chi connectivity index (χ2v) is 6.23. The molecular formula is C18H24N2O. The van der Waals surface area contributed by atoms with Gasteiger partial charge in [-0.25, -0.2) is 0 Å². The van der Waals surface area contributed by atoms with E-state index in [1.165, 1.54) is 0 Å². The molecule has 0 unspecified atom stereocenters. The number of hydrogen-bond donors (Lipinski definition) is 1. The molecule has 0 aliphatic carbocycles. The fourth-order valence-corrected chi connectivity index (χ4v) is 2.57. The van der Waals surface area contributed by atoms with Gasteiger partial charge in [0.25, 0.3) is 5.91 Å². The van der Waals surface area contributed by atoms with E-state index in [1.54, 1.807) is 0 Å². The van der Waals surface area contributed by atoms with E-state index in [4.69, 9.17) is 0 Å². The second kappa shape index (κ2) is 6.25. The van der Waals surface area contributed by atoms with Crippen molar-refractivity contribution in [2.45, 2.75) is 41.0 Å². The van der Waals surface area contributed by atoms with Crippen LogP contribution in [0, 0.1) is 26.7 Å². The minimum atomic E-state index is -0.00356. The van der Waals surface area contributed by atoms with Crippen molar-refractivity contribution in [3.63, 3.8) is 0 Å². The highest BCUT2D eigenvalue weighted by Gasteiger charge is 2.13. The summed E-state index contributed by atoms with van der Waals surface area (Å²) in [5.74, 6) is 0.585. The monoisotopic (exact) mass is 284 g/mol. The first kappa shape index (κ1) is 15.5. The van der Waals surface area contributed by atoms with Crippen molar-refractivity contribution in [1.82, 2.24) is 10.3 Å². The molecule has 2 aromatic rings. The van der Waals surface area contributed by atoms with Crippen LogP contribution in [0.15, 0.2) is 18.2 Å². The third-order valence-corrected chi connectivity index (χ3v) is 3.63. The topological polar surface area (TPSA) is 42.0 Å². The van der Waals surface area contributed by atoms with Crippen LogP contribution in [0.3, 0.4) is 0 Å². The van der Waals surface area contributed by atoms with Crippen LogP contribution in [0.5, 0.6) is 0 Å². The van der Waals surface area contributed by atoms with Gasteiger partial charge in [-0.1, -0.05) is 25.5 Å². The van der Waals surface area contributed by atoms with E-state index in [0.717, 1.165) is 39.7 Å². The molecule has 0 aliphatic heterocycles. The van der Waals surface area contributed by atoms with Gasteiger partial charge in [-0.3, -0.25) is 9.78 Å². The number of hydrogen-bond acceptors (Lipinski definition) is 2.